The number of carbonyl (C=O) groups excluding carboxylic acids is 3. The molecule has 2 aromatic carbocycles. The summed E-state index contributed by atoms with van der Waals surface area (Å²) in [6.07, 6.45) is 0.137. The Kier molecular flexibility index (Phi) is 4.65. The number of primary amides is 1. The lowest BCUT2D eigenvalue weighted by Crippen LogP contribution is -2.40. The molecule has 0 radical (unpaired) electrons. The highest BCUT2D eigenvalue weighted by Gasteiger charge is 2.25. The summed E-state index contributed by atoms with van der Waals surface area (Å²) in [7, 11) is 0. The Hall–Kier alpha value is -3.35. The molecule has 0 fully saturated rings. The molecule has 3 N–H and O–H groups in total. The highest BCUT2D eigenvalue weighted by Crippen LogP contribution is 2.31. The zero-order chi connectivity index (χ0) is 17.8. The van der Waals surface area contributed by atoms with E-state index in [9.17, 15) is 14.4 Å². The Balaban J connectivity index is 1.60. The smallest absolute Gasteiger partial charge is 0.265 e. The second kappa shape index (κ2) is 7.04. The predicted molar refractivity (Wildman–Crippen MR) is 92.5 cm³/mol. The highest BCUT2D eigenvalue weighted by molar-refractivity contribution is 5.99. The standard InChI is InChI=1S/C18H17N3O4/c19-18(24)12-5-7-13(8-6-12)20-16(22)9-10-21-14-3-1-2-4-15(14)25-11-17(21)23/h1-8H,9-11H2,(H2,19,24)(H,20,22). The molecule has 0 aromatic heterocycles. The van der Waals surface area contributed by atoms with Crippen LogP contribution in [0.5, 0.6) is 5.75 Å². The van der Waals surface area contributed by atoms with E-state index in [4.69, 9.17) is 10.5 Å². The van der Waals surface area contributed by atoms with Crippen molar-refractivity contribution in [3.05, 3.63) is 54.1 Å². The molecule has 0 saturated heterocycles. The van der Waals surface area contributed by atoms with Crippen molar-refractivity contribution in [2.75, 3.05) is 23.4 Å². The first-order valence-electron chi connectivity index (χ1n) is 7.76. The molecule has 0 spiro atoms. The van der Waals surface area contributed by atoms with E-state index in [1.807, 2.05) is 12.1 Å². The Morgan fingerprint density at radius 3 is 2.56 bits per heavy atom. The zero-order valence-electron chi connectivity index (χ0n) is 13.4. The monoisotopic (exact) mass is 339 g/mol. The topological polar surface area (TPSA) is 102 Å². The molecule has 0 bridgehead atoms. The van der Waals surface area contributed by atoms with Gasteiger partial charge in [0.15, 0.2) is 6.61 Å². The third kappa shape index (κ3) is 3.77. The average Bonchev–Trinajstić information content (AvgIpc) is 2.61. The minimum atomic E-state index is -0.526. The van der Waals surface area contributed by atoms with Crippen molar-refractivity contribution in [3.8, 4) is 5.75 Å². The van der Waals surface area contributed by atoms with Gasteiger partial charge in [0.05, 0.1) is 5.69 Å². The number of nitrogens with one attached hydrogen (secondary N) is 1. The Morgan fingerprint density at radius 1 is 1.12 bits per heavy atom. The molecular weight excluding hydrogens is 322 g/mol. The first-order valence-corrected chi connectivity index (χ1v) is 7.76. The lowest BCUT2D eigenvalue weighted by Gasteiger charge is -2.29. The van der Waals surface area contributed by atoms with Gasteiger partial charge in [-0.1, -0.05) is 12.1 Å². The molecule has 1 aliphatic heterocycles. The van der Waals surface area contributed by atoms with Gasteiger partial charge in [0, 0.05) is 24.2 Å². The van der Waals surface area contributed by atoms with Gasteiger partial charge in [-0.05, 0) is 36.4 Å². The van der Waals surface area contributed by atoms with E-state index in [2.05, 4.69) is 5.32 Å². The number of hydrogen-bond acceptors (Lipinski definition) is 4. The van der Waals surface area contributed by atoms with Crippen molar-refractivity contribution < 1.29 is 19.1 Å². The summed E-state index contributed by atoms with van der Waals surface area (Å²) < 4.78 is 5.37. The van der Waals surface area contributed by atoms with Crippen LogP contribution in [-0.4, -0.2) is 30.9 Å². The molecule has 0 unspecified atom stereocenters. The summed E-state index contributed by atoms with van der Waals surface area (Å²) in [5, 5.41) is 2.73. The van der Waals surface area contributed by atoms with Crippen LogP contribution in [0.4, 0.5) is 11.4 Å². The van der Waals surface area contributed by atoms with Gasteiger partial charge in [-0.25, -0.2) is 0 Å². The normalized spacial score (nSPS) is 13.0. The number of carbonyl (C=O) groups is 3. The minimum absolute atomic E-state index is 0.0345. The van der Waals surface area contributed by atoms with Gasteiger partial charge in [0.2, 0.25) is 11.8 Å². The second-order valence-corrected chi connectivity index (χ2v) is 5.54. The minimum Gasteiger partial charge on any atom is -0.482 e. The van der Waals surface area contributed by atoms with E-state index in [1.54, 1.807) is 41.3 Å². The Bertz CT molecular complexity index is 817. The molecule has 7 nitrogen and oxygen atoms in total. The van der Waals surface area contributed by atoms with Crippen molar-refractivity contribution in [3.63, 3.8) is 0 Å². The summed E-state index contributed by atoms with van der Waals surface area (Å²) in [4.78, 5) is 36.8. The number of anilines is 2. The van der Waals surface area contributed by atoms with Crippen molar-refractivity contribution in [1.29, 1.82) is 0 Å². The third-order valence-electron chi connectivity index (χ3n) is 3.82. The molecule has 0 saturated carbocycles. The molecule has 0 atom stereocenters. The number of benzene rings is 2. The molecule has 0 aliphatic carbocycles. The lowest BCUT2D eigenvalue weighted by atomic mass is 10.2. The molecule has 2 aromatic rings. The first kappa shape index (κ1) is 16.5. The number of nitrogens with zero attached hydrogens (tertiary/aromatic N) is 1. The molecule has 3 amide bonds. The summed E-state index contributed by atoms with van der Waals surface area (Å²) in [5.41, 5.74) is 6.77. The number of amides is 3. The van der Waals surface area contributed by atoms with Crippen LogP contribution in [-0.2, 0) is 9.59 Å². The fourth-order valence-corrected chi connectivity index (χ4v) is 2.55. The average molecular weight is 339 g/mol. The van der Waals surface area contributed by atoms with Crippen LogP contribution in [0.3, 0.4) is 0 Å². The Morgan fingerprint density at radius 2 is 1.84 bits per heavy atom. The van der Waals surface area contributed by atoms with Crippen LogP contribution < -0.4 is 20.7 Å². The summed E-state index contributed by atoms with van der Waals surface area (Å²) in [6, 6.07) is 13.5. The maximum Gasteiger partial charge on any atom is 0.265 e. The summed E-state index contributed by atoms with van der Waals surface area (Å²) >= 11 is 0. The SMILES string of the molecule is NC(=O)c1ccc(NC(=O)CCN2C(=O)COc3ccccc32)cc1. The molecular formula is C18H17N3O4. The highest BCUT2D eigenvalue weighted by atomic mass is 16.5. The van der Waals surface area contributed by atoms with Crippen LogP contribution in [0.15, 0.2) is 48.5 Å². The van der Waals surface area contributed by atoms with E-state index in [0.717, 1.165) is 0 Å². The van der Waals surface area contributed by atoms with Gasteiger partial charge in [-0.3, -0.25) is 14.4 Å². The molecule has 25 heavy (non-hydrogen) atoms. The van der Waals surface area contributed by atoms with Crippen molar-refractivity contribution in [2.24, 2.45) is 5.73 Å². The lowest BCUT2D eigenvalue weighted by molar-refractivity contribution is -0.121. The number of nitrogens with two attached hydrogens (primary N) is 1. The molecule has 7 heteroatoms. The predicted octanol–water partition coefficient (Wildman–Crippen LogP) is 1.54. The van der Waals surface area contributed by atoms with Gasteiger partial charge < -0.3 is 20.7 Å². The fraction of sp³-hybridized carbons (Fsp3) is 0.167. The number of rotatable bonds is 5. The van der Waals surface area contributed by atoms with E-state index in [1.165, 1.54) is 0 Å². The van der Waals surface area contributed by atoms with Gasteiger partial charge >= 0.3 is 0 Å². The quantitative estimate of drug-likeness (QED) is 0.862. The van der Waals surface area contributed by atoms with Gasteiger partial charge in [0.1, 0.15) is 5.75 Å². The number of hydrogen-bond donors (Lipinski definition) is 2. The van der Waals surface area contributed by atoms with Crippen LogP contribution in [0.1, 0.15) is 16.8 Å². The second-order valence-electron chi connectivity index (χ2n) is 5.54. The van der Waals surface area contributed by atoms with Crippen LogP contribution in [0, 0.1) is 0 Å². The fourth-order valence-electron chi connectivity index (χ4n) is 2.55. The molecule has 1 aliphatic rings. The Labute approximate surface area is 144 Å². The van der Waals surface area contributed by atoms with E-state index in [0.29, 0.717) is 22.7 Å². The maximum absolute atomic E-state index is 12.1. The number of fused-ring (bicyclic) bond motifs is 1. The van der Waals surface area contributed by atoms with Crippen LogP contribution in [0.2, 0.25) is 0 Å². The molecule has 3 rings (SSSR count). The summed E-state index contributed by atoms with van der Waals surface area (Å²) in [6.45, 7) is 0.220. The third-order valence-corrected chi connectivity index (χ3v) is 3.82. The number of ether oxygens (including phenoxy) is 1. The molecule has 128 valence electrons. The van der Waals surface area contributed by atoms with E-state index in [-0.39, 0.29) is 31.4 Å². The largest absolute Gasteiger partial charge is 0.482 e. The number of para-hydroxylation sites is 2. The van der Waals surface area contributed by atoms with E-state index < -0.39 is 5.91 Å². The van der Waals surface area contributed by atoms with Crippen LogP contribution in [0.25, 0.3) is 0 Å². The first-order chi connectivity index (χ1) is 12.0. The maximum atomic E-state index is 12.1. The van der Waals surface area contributed by atoms with Gasteiger partial charge in [-0.15, -0.1) is 0 Å². The van der Waals surface area contributed by atoms with Crippen molar-refractivity contribution in [1.82, 2.24) is 0 Å². The molecule has 1 heterocycles. The van der Waals surface area contributed by atoms with Crippen LogP contribution >= 0.6 is 0 Å². The zero-order valence-corrected chi connectivity index (χ0v) is 13.4. The van der Waals surface area contributed by atoms with E-state index >= 15 is 0 Å². The van der Waals surface area contributed by atoms with Gasteiger partial charge in [0.25, 0.3) is 5.91 Å². The van der Waals surface area contributed by atoms with Gasteiger partial charge in [-0.2, -0.15) is 0 Å². The van der Waals surface area contributed by atoms with Crippen molar-refractivity contribution >= 4 is 29.1 Å². The summed E-state index contributed by atoms with van der Waals surface area (Å²) in [5.74, 6) is -0.312. The van der Waals surface area contributed by atoms with Crippen molar-refractivity contribution in [2.45, 2.75) is 6.42 Å².